The second-order valence-electron chi connectivity index (χ2n) is 3.63. The molecule has 0 fully saturated rings. The summed E-state index contributed by atoms with van der Waals surface area (Å²) in [7, 11) is 8.14. The molecule has 0 saturated heterocycles. The Bertz CT molecular complexity index is 376. The molecule has 0 spiro atoms. The van der Waals surface area contributed by atoms with Gasteiger partial charge in [0.15, 0.2) is 0 Å². The van der Waals surface area contributed by atoms with Gasteiger partial charge in [0.05, 0.1) is 28.2 Å². The Labute approximate surface area is 124 Å². The van der Waals surface area contributed by atoms with Crippen LogP contribution in [-0.2, 0) is 0 Å². The number of amidine groups is 1. The van der Waals surface area contributed by atoms with Crippen LogP contribution in [-0.4, -0.2) is 42.8 Å². The third-order valence-corrected chi connectivity index (χ3v) is 3.41. The zero-order valence-corrected chi connectivity index (χ0v) is 13.6. The Morgan fingerprint density at radius 1 is 1.31 bits per heavy atom. The fraction of sp³-hybridized carbons (Fsp3) is 0.364. The van der Waals surface area contributed by atoms with Gasteiger partial charge in [-0.15, -0.1) is 0 Å². The lowest BCUT2D eigenvalue weighted by Gasteiger charge is -2.10. The standard InChI is InChI=1S/C11H16ClN2S.HI/c1-13(2)11(14(3)4)15-10-7-5-6-9(12)8-10;/h5-8H,1-4H3;1H/q+1;/p-1. The molecule has 0 atom stereocenters. The van der Waals surface area contributed by atoms with Crippen LogP contribution >= 0.6 is 23.4 Å². The van der Waals surface area contributed by atoms with E-state index in [0.717, 1.165) is 9.92 Å². The topological polar surface area (TPSA) is 6.25 Å². The van der Waals surface area contributed by atoms with Crippen LogP contribution in [0.2, 0.25) is 5.02 Å². The lowest BCUT2D eigenvalue weighted by Crippen LogP contribution is -3.00. The van der Waals surface area contributed by atoms with Gasteiger partial charge in [-0.3, -0.25) is 9.48 Å². The fourth-order valence-corrected chi connectivity index (χ4v) is 2.38. The number of hydrogen-bond donors (Lipinski definition) is 0. The summed E-state index contributed by atoms with van der Waals surface area (Å²) in [6.07, 6.45) is 0. The molecule has 1 aromatic carbocycles. The second kappa shape index (κ2) is 7.40. The zero-order valence-electron chi connectivity index (χ0n) is 9.87. The maximum atomic E-state index is 5.94. The van der Waals surface area contributed by atoms with Gasteiger partial charge in [-0.05, 0) is 30.0 Å². The van der Waals surface area contributed by atoms with Gasteiger partial charge in [0, 0.05) is 9.92 Å². The molecule has 0 N–H and O–H groups in total. The van der Waals surface area contributed by atoms with Crippen molar-refractivity contribution >= 4 is 28.5 Å². The predicted octanol–water partition coefficient (Wildman–Crippen LogP) is -0.374. The molecule has 16 heavy (non-hydrogen) atoms. The average Bonchev–Trinajstić information content (AvgIpc) is 2.13. The number of nitrogens with zero attached hydrogens (tertiary/aromatic N) is 2. The SMILES string of the molecule is CN(C)C(Sc1cccc(Cl)c1)=[N+](C)C.[I-]. The van der Waals surface area contributed by atoms with Crippen molar-refractivity contribution in [2.75, 3.05) is 28.2 Å². The van der Waals surface area contributed by atoms with E-state index in [4.69, 9.17) is 11.6 Å². The van der Waals surface area contributed by atoms with Crippen molar-refractivity contribution in [2.24, 2.45) is 0 Å². The van der Waals surface area contributed by atoms with Crippen molar-refractivity contribution in [3.05, 3.63) is 29.3 Å². The first kappa shape index (κ1) is 16.1. The number of benzene rings is 1. The first-order valence-corrected chi connectivity index (χ1v) is 5.85. The highest BCUT2D eigenvalue weighted by molar-refractivity contribution is 8.13. The molecule has 0 saturated carbocycles. The Kier molecular flexibility index (Phi) is 7.43. The molecule has 0 amide bonds. The van der Waals surface area contributed by atoms with E-state index < -0.39 is 0 Å². The minimum atomic E-state index is 0. The van der Waals surface area contributed by atoms with Gasteiger partial charge in [-0.25, -0.2) is 0 Å². The molecule has 0 bridgehead atoms. The van der Waals surface area contributed by atoms with Crippen LogP contribution in [0, 0.1) is 0 Å². The van der Waals surface area contributed by atoms with Crippen LogP contribution in [0.4, 0.5) is 0 Å². The van der Waals surface area contributed by atoms with Crippen LogP contribution < -0.4 is 24.0 Å². The van der Waals surface area contributed by atoms with Gasteiger partial charge in [0.2, 0.25) is 0 Å². The quantitative estimate of drug-likeness (QED) is 0.219. The molecule has 90 valence electrons. The van der Waals surface area contributed by atoms with Crippen LogP contribution in [0.1, 0.15) is 0 Å². The fourth-order valence-electron chi connectivity index (χ4n) is 1.22. The van der Waals surface area contributed by atoms with Gasteiger partial charge >= 0.3 is 5.17 Å². The minimum absolute atomic E-state index is 0. The summed E-state index contributed by atoms with van der Waals surface area (Å²) in [5.41, 5.74) is 0. The van der Waals surface area contributed by atoms with E-state index in [9.17, 15) is 0 Å². The summed E-state index contributed by atoms with van der Waals surface area (Å²) in [6.45, 7) is 0. The normalized spacial score (nSPS) is 9.31. The molecule has 5 heteroatoms. The highest BCUT2D eigenvalue weighted by Gasteiger charge is 2.13. The molecule has 2 nitrogen and oxygen atoms in total. The summed E-state index contributed by atoms with van der Waals surface area (Å²) in [4.78, 5) is 3.24. The van der Waals surface area contributed by atoms with E-state index in [-0.39, 0.29) is 24.0 Å². The van der Waals surface area contributed by atoms with E-state index in [1.54, 1.807) is 11.8 Å². The molecule has 0 aromatic heterocycles. The van der Waals surface area contributed by atoms with Gasteiger partial charge in [0.25, 0.3) is 0 Å². The van der Waals surface area contributed by atoms with Crippen molar-refractivity contribution in [3.63, 3.8) is 0 Å². The first-order valence-electron chi connectivity index (χ1n) is 4.65. The van der Waals surface area contributed by atoms with Gasteiger partial charge in [0.1, 0.15) is 0 Å². The lowest BCUT2D eigenvalue weighted by atomic mass is 10.4. The highest BCUT2D eigenvalue weighted by Crippen LogP contribution is 2.23. The Morgan fingerprint density at radius 2 is 1.94 bits per heavy atom. The molecular weight excluding hydrogens is 355 g/mol. The van der Waals surface area contributed by atoms with E-state index in [2.05, 4.69) is 15.5 Å². The van der Waals surface area contributed by atoms with Gasteiger partial charge in [-0.2, -0.15) is 0 Å². The Hall–Kier alpha value is 0.0600. The molecule has 1 aromatic rings. The average molecular weight is 371 g/mol. The molecule has 0 aliphatic heterocycles. The number of thioether (sulfide) groups is 1. The maximum absolute atomic E-state index is 5.94. The largest absolute Gasteiger partial charge is 1.00 e. The van der Waals surface area contributed by atoms with Crippen LogP contribution in [0.5, 0.6) is 0 Å². The van der Waals surface area contributed by atoms with Crippen LogP contribution in [0.15, 0.2) is 29.2 Å². The summed E-state index contributed by atoms with van der Waals surface area (Å²) < 4.78 is 2.09. The lowest BCUT2D eigenvalue weighted by molar-refractivity contribution is -0.466. The zero-order chi connectivity index (χ0) is 11.4. The maximum Gasteiger partial charge on any atom is 0.312 e. The molecule has 0 heterocycles. The Morgan fingerprint density at radius 3 is 2.38 bits per heavy atom. The number of halogens is 2. The second-order valence-corrected chi connectivity index (χ2v) is 5.11. The molecular formula is C11H16ClIN2S. The van der Waals surface area contributed by atoms with E-state index in [1.165, 1.54) is 5.17 Å². The summed E-state index contributed by atoms with van der Waals surface area (Å²) >= 11 is 7.64. The van der Waals surface area contributed by atoms with Crippen molar-refractivity contribution in [3.8, 4) is 0 Å². The molecule has 0 unspecified atom stereocenters. The summed E-state index contributed by atoms with van der Waals surface area (Å²) in [5.74, 6) is 0. The highest BCUT2D eigenvalue weighted by atomic mass is 127. The molecule has 0 aliphatic rings. The minimum Gasteiger partial charge on any atom is -1.00 e. The third kappa shape index (κ3) is 4.93. The molecule has 0 aliphatic carbocycles. The van der Waals surface area contributed by atoms with E-state index >= 15 is 0 Å². The van der Waals surface area contributed by atoms with Crippen molar-refractivity contribution in [2.45, 2.75) is 4.90 Å². The van der Waals surface area contributed by atoms with Crippen molar-refractivity contribution < 1.29 is 28.6 Å². The van der Waals surface area contributed by atoms with Crippen molar-refractivity contribution in [1.82, 2.24) is 4.90 Å². The summed E-state index contributed by atoms with van der Waals surface area (Å²) in [6, 6.07) is 7.88. The third-order valence-electron chi connectivity index (χ3n) is 1.77. The van der Waals surface area contributed by atoms with Crippen LogP contribution in [0.25, 0.3) is 0 Å². The number of hydrogen-bond acceptors (Lipinski definition) is 1. The first-order chi connectivity index (χ1) is 7.00. The van der Waals surface area contributed by atoms with Gasteiger partial charge in [-0.1, -0.05) is 17.7 Å². The summed E-state index contributed by atoms with van der Waals surface area (Å²) in [5, 5.41) is 1.95. The van der Waals surface area contributed by atoms with Crippen LogP contribution in [0.3, 0.4) is 0 Å². The van der Waals surface area contributed by atoms with E-state index in [1.807, 2.05) is 46.4 Å². The van der Waals surface area contributed by atoms with Gasteiger partial charge < -0.3 is 24.0 Å². The van der Waals surface area contributed by atoms with Crippen molar-refractivity contribution in [1.29, 1.82) is 0 Å². The molecule has 0 radical (unpaired) electrons. The molecule has 1 rings (SSSR count). The smallest absolute Gasteiger partial charge is 0.312 e. The number of rotatable bonds is 1. The monoisotopic (exact) mass is 370 g/mol. The predicted molar refractivity (Wildman–Crippen MR) is 68.1 cm³/mol. The van der Waals surface area contributed by atoms with E-state index in [0.29, 0.717) is 0 Å². The Balaban J connectivity index is 0.00000225.